The first-order chi connectivity index (χ1) is 8.13. The van der Waals surface area contributed by atoms with Crippen molar-refractivity contribution in [1.82, 2.24) is 15.1 Å². The van der Waals surface area contributed by atoms with Crippen molar-refractivity contribution < 1.29 is 4.74 Å². The summed E-state index contributed by atoms with van der Waals surface area (Å²) in [7, 11) is 1.73. The Morgan fingerprint density at radius 3 is 2.76 bits per heavy atom. The molecule has 2 atom stereocenters. The van der Waals surface area contributed by atoms with Crippen LogP contribution in [0.5, 0.6) is 5.75 Å². The molecule has 2 unspecified atom stereocenters. The number of piperidine rings is 1. The lowest BCUT2D eigenvalue weighted by Gasteiger charge is -2.29. The molecule has 0 radical (unpaired) electrons. The number of methoxy groups -OCH3 is 1. The second-order valence-electron chi connectivity index (χ2n) is 5.22. The maximum atomic E-state index is 5.45. The van der Waals surface area contributed by atoms with Crippen molar-refractivity contribution >= 4 is 0 Å². The molecule has 1 aromatic rings. The highest BCUT2D eigenvalue weighted by atomic mass is 16.5. The zero-order valence-electron chi connectivity index (χ0n) is 11.2. The molecular weight excluding hydrogens is 214 g/mol. The largest absolute Gasteiger partial charge is 0.493 e. The standard InChI is InChI=1S/C13H23N3O/c1-9(2)16-13(12(17-4)8-15-16)11-6-5-10(3)14-7-11/h8-11,14H,5-7H2,1-4H3. The monoisotopic (exact) mass is 237 g/mol. The molecule has 2 rings (SSSR count). The molecule has 0 aliphatic carbocycles. The van der Waals surface area contributed by atoms with Crippen molar-refractivity contribution in [3.63, 3.8) is 0 Å². The molecule has 0 aromatic carbocycles. The Labute approximate surface area is 103 Å². The van der Waals surface area contributed by atoms with Crippen LogP contribution in [0.25, 0.3) is 0 Å². The molecule has 17 heavy (non-hydrogen) atoms. The quantitative estimate of drug-likeness (QED) is 0.877. The van der Waals surface area contributed by atoms with Gasteiger partial charge in [0.25, 0.3) is 0 Å². The fourth-order valence-electron chi connectivity index (χ4n) is 2.55. The van der Waals surface area contributed by atoms with Gasteiger partial charge in [0.2, 0.25) is 0 Å². The van der Waals surface area contributed by atoms with E-state index in [9.17, 15) is 0 Å². The Hall–Kier alpha value is -1.03. The number of rotatable bonds is 3. The van der Waals surface area contributed by atoms with E-state index in [0.29, 0.717) is 18.0 Å². The van der Waals surface area contributed by atoms with Gasteiger partial charge in [0.05, 0.1) is 19.0 Å². The van der Waals surface area contributed by atoms with Gasteiger partial charge >= 0.3 is 0 Å². The third-order valence-electron chi connectivity index (χ3n) is 3.56. The van der Waals surface area contributed by atoms with E-state index in [2.05, 4.69) is 35.9 Å². The van der Waals surface area contributed by atoms with Gasteiger partial charge in [-0.05, 0) is 33.6 Å². The van der Waals surface area contributed by atoms with E-state index < -0.39 is 0 Å². The molecule has 0 amide bonds. The number of nitrogens with zero attached hydrogens (tertiary/aromatic N) is 2. The molecular formula is C13H23N3O. The highest BCUT2D eigenvalue weighted by Gasteiger charge is 2.26. The Morgan fingerprint density at radius 2 is 2.24 bits per heavy atom. The minimum absolute atomic E-state index is 0.383. The summed E-state index contributed by atoms with van der Waals surface area (Å²) in [6.45, 7) is 7.59. The van der Waals surface area contributed by atoms with Crippen molar-refractivity contribution in [1.29, 1.82) is 0 Å². The van der Waals surface area contributed by atoms with Crippen LogP contribution in [0, 0.1) is 0 Å². The van der Waals surface area contributed by atoms with Gasteiger partial charge in [-0.15, -0.1) is 0 Å². The van der Waals surface area contributed by atoms with Crippen molar-refractivity contribution in [3.8, 4) is 5.75 Å². The lowest BCUT2D eigenvalue weighted by molar-refractivity contribution is 0.345. The first-order valence-electron chi connectivity index (χ1n) is 6.48. The van der Waals surface area contributed by atoms with Gasteiger partial charge in [0, 0.05) is 24.5 Å². The Bertz CT molecular complexity index is 365. The lowest BCUT2D eigenvalue weighted by atomic mass is 9.92. The summed E-state index contributed by atoms with van der Waals surface area (Å²) in [4.78, 5) is 0. The maximum Gasteiger partial charge on any atom is 0.160 e. The van der Waals surface area contributed by atoms with Crippen molar-refractivity contribution in [2.45, 2.75) is 51.6 Å². The minimum Gasteiger partial charge on any atom is -0.493 e. The maximum absolute atomic E-state index is 5.45. The van der Waals surface area contributed by atoms with E-state index in [1.807, 2.05) is 6.20 Å². The van der Waals surface area contributed by atoms with Crippen molar-refractivity contribution in [3.05, 3.63) is 11.9 Å². The molecule has 4 heteroatoms. The Balaban J connectivity index is 2.26. The van der Waals surface area contributed by atoms with Gasteiger partial charge in [-0.3, -0.25) is 4.68 Å². The summed E-state index contributed by atoms with van der Waals surface area (Å²) in [5.41, 5.74) is 1.25. The van der Waals surface area contributed by atoms with Crippen LogP contribution in [0.1, 0.15) is 51.3 Å². The molecule has 96 valence electrons. The van der Waals surface area contributed by atoms with Gasteiger partial charge in [-0.25, -0.2) is 0 Å². The second kappa shape index (κ2) is 5.08. The van der Waals surface area contributed by atoms with Crippen molar-refractivity contribution in [2.75, 3.05) is 13.7 Å². The molecule has 1 aliphatic rings. The van der Waals surface area contributed by atoms with Gasteiger partial charge in [0.1, 0.15) is 0 Å². The summed E-state index contributed by atoms with van der Waals surface area (Å²) in [5, 5.41) is 7.99. The van der Waals surface area contributed by atoms with Gasteiger partial charge in [0.15, 0.2) is 5.75 Å². The third kappa shape index (κ3) is 2.46. The topological polar surface area (TPSA) is 39.1 Å². The molecule has 0 saturated carbocycles. The average molecular weight is 237 g/mol. The summed E-state index contributed by atoms with van der Waals surface area (Å²) < 4.78 is 7.54. The zero-order valence-corrected chi connectivity index (χ0v) is 11.2. The normalized spacial score (nSPS) is 25.2. The molecule has 0 spiro atoms. The Kier molecular flexibility index (Phi) is 3.72. The van der Waals surface area contributed by atoms with E-state index in [-0.39, 0.29) is 0 Å². The molecule has 0 bridgehead atoms. The molecule has 1 N–H and O–H groups in total. The second-order valence-corrected chi connectivity index (χ2v) is 5.22. The van der Waals surface area contributed by atoms with Crippen LogP contribution in [0.15, 0.2) is 6.20 Å². The van der Waals surface area contributed by atoms with Crippen LogP contribution in [0.2, 0.25) is 0 Å². The van der Waals surface area contributed by atoms with E-state index in [1.54, 1.807) is 7.11 Å². The highest BCUT2D eigenvalue weighted by molar-refractivity contribution is 5.30. The smallest absolute Gasteiger partial charge is 0.160 e. The number of nitrogens with one attached hydrogen (secondary N) is 1. The van der Waals surface area contributed by atoms with Gasteiger partial charge in [-0.1, -0.05) is 0 Å². The van der Waals surface area contributed by atoms with E-state index >= 15 is 0 Å². The van der Waals surface area contributed by atoms with Gasteiger partial charge < -0.3 is 10.1 Å². The highest BCUT2D eigenvalue weighted by Crippen LogP contribution is 2.33. The van der Waals surface area contributed by atoms with Crippen LogP contribution in [0.4, 0.5) is 0 Å². The molecule has 1 fully saturated rings. The number of aromatic nitrogens is 2. The number of hydrogen-bond acceptors (Lipinski definition) is 3. The fraction of sp³-hybridized carbons (Fsp3) is 0.769. The summed E-state index contributed by atoms with van der Waals surface area (Å²) in [5.74, 6) is 1.45. The minimum atomic E-state index is 0.383. The van der Waals surface area contributed by atoms with Crippen LogP contribution >= 0.6 is 0 Å². The number of hydrogen-bond donors (Lipinski definition) is 1. The summed E-state index contributed by atoms with van der Waals surface area (Å²) in [6.07, 6.45) is 4.27. The van der Waals surface area contributed by atoms with Crippen LogP contribution < -0.4 is 10.1 Å². The van der Waals surface area contributed by atoms with E-state index in [4.69, 9.17) is 4.74 Å². The molecule has 4 nitrogen and oxygen atoms in total. The van der Waals surface area contributed by atoms with Crippen LogP contribution in [0.3, 0.4) is 0 Å². The van der Waals surface area contributed by atoms with Crippen molar-refractivity contribution in [2.24, 2.45) is 0 Å². The lowest BCUT2D eigenvalue weighted by Crippen LogP contribution is -2.36. The Morgan fingerprint density at radius 1 is 1.47 bits per heavy atom. The predicted octanol–water partition coefficient (Wildman–Crippen LogP) is 2.33. The SMILES string of the molecule is COc1cnn(C(C)C)c1C1CCC(C)NC1. The zero-order chi connectivity index (χ0) is 12.4. The average Bonchev–Trinajstić information content (AvgIpc) is 2.73. The first-order valence-corrected chi connectivity index (χ1v) is 6.48. The first kappa shape index (κ1) is 12.4. The molecule has 2 heterocycles. The van der Waals surface area contributed by atoms with Gasteiger partial charge in [-0.2, -0.15) is 5.10 Å². The van der Waals surface area contributed by atoms with E-state index in [1.165, 1.54) is 18.5 Å². The summed E-state index contributed by atoms with van der Waals surface area (Å²) >= 11 is 0. The van der Waals surface area contributed by atoms with E-state index in [0.717, 1.165) is 12.3 Å². The van der Waals surface area contributed by atoms with Crippen LogP contribution in [-0.4, -0.2) is 29.5 Å². The third-order valence-corrected chi connectivity index (χ3v) is 3.56. The van der Waals surface area contributed by atoms with Crippen LogP contribution in [-0.2, 0) is 0 Å². The predicted molar refractivity (Wildman–Crippen MR) is 68.6 cm³/mol. The molecule has 1 saturated heterocycles. The molecule has 1 aliphatic heterocycles. The number of ether oxygens (including phenoxy) is 1. The summed E-state index contributed by atoms with van der Waals surface area (Å²) in [6, 6.07) is 1.01. The fourth-order valence-corrected chi connectivity index (χ4v) is 2.55. The molecule has 1 aromatic heterocycles.